The van der Waals surface area contributed by atoms with Crippen LogP contribution in [-0.2, 0) is 9.59 Å². The van der Waals surface area contributed by atoms with Gasteiger partial charge in [-0.25, -0.2) is 4.79 Å². The Hall–Kier alpha value is -1.79. The van der Waals surface area contributed by atoms with Crippen molar-refractivity contribution < 1.29 is 19.5 Å². The van der Waals surface area contributed by atoms with Crippen LogP contribution in [-0.4, -0.2) is 58.0 Å². The molecule has 0 aromatic heterocycles. The zero-order valence-corrected chi connectivity index (χ0v) is 12.3. The minimum atomic E-state index is -0.775. The molecular formula is C14H23N3O4. The van der Waals surface area contributed by atoms with Crippen molar-refractivity contribution in [1.82, 2.24) is 9.80 Å². The van der Waals surface area contributed by atoms with Gasteiger partial charge >= 0.3 is 12.0 Å². The summed E-state index contributed by atoms with van der Waals surface area (Å²) in [5, 5.41) is 8.92. The Morgan fingerprint density at radius 3 is 2.24 bits per heavy atom. The fourth-order valence-corrected chi connectivity index (χ4v) is 3.68. The van der Waals surface area contributed by atoms with Crippen molar-refractivity contribution in [2.75, 3.05) is 13.1 Å². The van der Waals surface area contributed by atoms with Gasteiger partial charge in [-0.3, -0.25) is 9.59 Å². The SMILES string of the molecule is CCN(CC(N)=O)C(=O)N1C2CCC1CC(CC(=O)O)C2. The lowest BCUT2D eigenvalue weighted by molar-refractivity contribution is -0.138. The molecule has 2 unspecified atom stereocenters. The van der Waals surface area contributed by atoms with Crippen molar-refractivity contribution in [2.24, 2.45) is 11.7 Å². The second kappa shape index (κ2) is 6.32. The summed E-state index contributed by atoms with van der Waals surface area (Å²) in [5.74, 6) is -1.14. The molecule has 2 bridgehead atoms. The Morgan fingerprint density at radius 1 is 1.24 bits per heavy atom. The van der Waals surface area contributed by atoms with Gasteiger partial charge in [-0.15, -0.1) is 0 Å². The maximum absolute atomic E-state index is 12.6. The molecule has 2 aliphatic heterocycles. The van der Waals surface area contributed by atoms with Crippen LogP contribution in [0.1, 0.15) is 39.0 Å². The Kier molecular flexibility index (Phi) is 4.69. The van der Waals surface area contributed by atoms with Gasteiger partial charge in [0.15, 0.2) is 0 Å². The summed E-state index contributed by atoms with van der Waals surface area (Å²) in [5.41, 5.74) is 5.18. The minimum Gasteiger partial charge on any atom is -0.481 e. The number of nitrogens with two attached hydrogens (primary N) is 1. The van der Waals surface area contributed by atoms with E-state index >= 15 is 0 Å². The van der Waals surface area contributed by atoms with Gasteiger partial charge in [0.05, 0.1) is 0 Å². The topological polar surface area (TPSA) is 104 Å². The third-order valence-electron chi connectivity index (χ3n) is 4.51. The number of hydrogen-bond donors (Lipinski definition) is 2. The fraction of sp³-hybridized carbons (Fsp3) is 0.786. The number of carboxylic acids is 1. The number of rotatable bonds is 5. The van der Waals surface area contributed by atoms with Crippen molar-refractivity contribution in [3.05, 3.63) is 0 Å². The Balaban J connectivity index is 2.03. The van der Waals surface area contributed by atoms with Gasteiger partial charge in [0.25, 0.3) is 0 Å². The van der Waals surface area contributed by atoms with Crippen LogP contribution in [0.25, 0.3) is 0 Å². The normalized spacial score (nSPS) is 27.5. The maximum atomic E-state index is 12.6. The van der Waals surface area contributed by atoms with Gasteiger partial charge in [0.1, 0.15) is 6.54 Å². The molecule has 3 amide bonds. The molecule has 2 aliphatic rings. The summed E-state index contributed by atoms with van der Waals surface area (Å²) >= 11 is 0. The number of aliphatic carboxylic acids is 1. The number of carbonyl (C=O) groups is 3. The molecule has 118 valence electrons. The van der Waals surface area contributed by atoms with E-state index in [4.69, 9.17) is 10.8 Å². The molecule has 7 heteroatoms. The van der Waals surface area contributed by atoms with Crippen molar-refractivity contribution in [3.63, 3.8) is 0 Å². The number of urea groups is 1. The summed E-state index contributed by atoms with van der Waals surface area (Å²) < 4.78 is 0. The summed E-state index contributed by atoms with van der Waals surface area (Å²) in [6.07, 6.45) is 3.49. The van der Waals surface area contributed by atoms with Crippen LogP contribution >= 0.6 is 0 Å². The zero-order chi connectivity index (χ0) is 15.6. The predicted molar refractivity (Wildman–Crippen MR) is 75.5 cm³/mol. The monoisotopic (exact) mass is 297 g/mol. The van der Waals surface area contributed by atoms with Gasteiger partial charge in [-0.2, -0.15) is 0 Å². The number of carbonyl (C=O) groups excluding carboxylic acids is 2. The van der Waals surface area contributed by atoms with Crippen LogP contribution < -0.4 is 5.73 Å². The first-order valence-electron chi connectivity index (χ1n) is 7.49. The lowest BCUT2D eigenvalue weighted by Crippen LogP contribution is -2.53. The molecule has 0 radical (unpaired) electrons. The largest absolute Gasteiger partial charge is 0.481 e. The highest BCUT2D eigenvalue weighted by molar-refractivity contribution is 5.83. The molecule has 21 heavy (non-hydrogen) atoms. The Morgan fingerprint density at radius 2 is 1.81 bits per heavy atom. The van der Waals surface area contributed by atoms with Gasteiger partial charge in [0, 0.05) is 25.0 Å². The summed E-state index contributed by atoms with van der Waals surface area (Å²) in [6.45, 7) is 2.19. The number of nitrogens with zero attached hydrogens (tertiary/aromatic N) is 2. The second-order valence-electron chi connectivity index (χ2n) is 5.99. The molecule has 0 aliphatic carbocycles. The number of likely N-dealkylation sites (N-methyl/N-ethyl adjacent to an activating group) is 1. The lowest BCUT2D eigenvalue weighted by Gasteiger charge is -2.40. The van der Waals surface area contributed by atoms with Gasteiger partial charge in [0.2, 0.25) is 5.91 Å². The molecule has 2 heterocycles. The highest BCUT2D eigenvalue weighted by atomic mass is 16.4. The smallest absolute Gasteiger partial charge is 0.320 e. The van der Waals surface area contributed by atoms with E-state index in [9.17, 15) is 14.4 Å². The third kappa shape index (κ3) is 3.46. The first kappa shape index (κ1) is 15.6. The highest BCUT2D eigenvalue weighted by Gasteiger charge is 2.44. The van der Waals surface area contributed by atoms with E-state index in [1.165, 1.54) is 4.90 Å². The quantitative estimate of drug-likeness (QED) is 0.776. The molecule has 2 atom stereocenters. The van der Waals surface area contributed by atoms with Crippen LogP contribution in [0.2, 0.25) is 0 Å². The van der Waals surface area contributed by atoms with E-state index in [0.29, 0.717) is 6.54 Å². The molecule has 0 spiro atoms. The average Bonchev–Trinajstić information content (AvgIpc) is 2.66. The van der Waals surface area contributed by atoms with Gasteiger partial charge < -0.3 is 20.6 Å². The summed E-state index contributed by atoms with van der Waals surface area (Å²) in [7, 11) is 0. The molecular weight excluding hydrogens is 274 g/mol. The fourth-order valence-electron chi connectivity index (χ4n) is 3.68. The molecule has 0 saturated carbocycles. The number of carboxylic acid groups (broad SMARTS) is 1. The molecule has 0 aromatic rings. The summed E-state index contributed by atoms with van der Waals surface area (Å²) in [4.78, 5) is 37.8. The van der Waals surface area contributed by atoms with E-state index in [-0.39, 0.29) is 37.0 Å². The van der Waals surface area contributed by atoms with E-state index in [1.807, 2.05) is 11.8 Å². The molecule has 7 nitrogen and oxygen atoms in total. The molecule has 2 fully saturated rings. The Bertz CT molecular complexity index is 426. The lowest BCUT2D eigenvalue weighted by atomic mass is 9.88. The number of piperidine rings is 1. The summed E-state index contributed by atoms with van der Waals surface area (Å²) in [6, 6.07) is 0.0580. The number of primary amides is 1. The predicted octanol–water partition coefficient (Wildman–Crippen LogP) is 0.631. The third-order valence-corrected chi connectivity index (χ3v) is 4.51. The molecule has 3 N–H and O–H groups in total. The number of amides is 3. The van der Waals surface area contributed by atoms with Crippen LogP contribution in [0.3, 0.4) is 0 Å². The van der Waals surface area contributed by atoms with Crippen molar-refractivity contribution >= 4 is 17.9 Å². The Labute approximate surface area is 124 Å². The average molecular weight is 297 g/mol. The van der Waals surface area contributed by atoms with E-state index < -0.39 is 11.9 Å². The second-order valence-corrected chi connectivity index (χ2v) is 5.99. The van der Waals surface area contributed by atoms with E-state index in [1.54, 1.807) is 0 Å². The van der Waals surface area contributed by atoms with Crippen molar-refractivity contribution in [1.29, 1.82) is 0 Å². The maximum Gasteiger partial charge on any atom is 0.320 e. The van der Waals surface area contributed by atoms with Gasteiger partial charge in [-0.05, 0) is 38.5 Å². The molecule has 2 rings (SSSR count). The number of fused-ring (bicyclic) bond motifs is 2. The van der Waals surface area contributed by atoms with E-state index in [0.717, 1.165) is 25.7 Å². The van der Waals surface area contributed by atoms with Crippen molar-refractivity contribution in [3.8, 4) is 0 Å². The first-order chi connectivity index (χ1) is 9.92. The zero-order valence-electron chi connectivity index (χ0n) is 12.3. The number of hydrogen-bond acceptors (Lipinski definition) is 3. The van der Waals surface area contributed by atoms with Crippen molar-refractivity contribution in [2.45, 2.75) is 51.1 Å². The highest BCUT2D eigenvalue weighted by Crippen LogP contribution is 2.40. The minimum absolute atomic E-state index is 0.0656. The van der Waals surface area contributed by atoms with Crippen LogP contribution in [0.4, 0.5) is 4.79 Å². The van der Waals surface area contributed by atoms with Crippen LogP contribution in [0.5, 0.6) is 0 Å². The van der Waals surface area contributed by atoms with Crippen LogP contribution in [0.15, 0.2) is 0 Å². The van der Waals surface area contributed by atoms with Gasteiger partial charge in [-0.1, -0.05) is 0 Å². The molecule has 2 saturated heterocycles. The molecule has 0 aromatic carbocycles. The van der Waals surface area contributed by atoms with E-state index in [2.05, 4.69) is 0 Å². The standard InChI is InChI=1S/C14H23N3O4/c1-2-16(8-12(15)18)14(21)17-10-3-4-11(17)6-9(5-10)7-13(19)20/h9-11H,2-8H2,1H3,(H2,15,18)(H,19,20). The van der Waals surface area contributed by atoms with Crippen LogP contribution in [0, 0.1) is 5.92 Å². The first-order valence-corrected chi connectivity index (χ1v) is 7.49.